The summed E-state index contributed by atoms with van der Waals surface area (Å²) in [7, 11) is 0. The number of para-hydroxylation sites is 1. The van der Waals surface area contributed by atoms with Crippen LogP contribution in [0.2, 0.25) is 0 Å². The van der Waals surface area contributed by atoms with Crippen LogP contribution < -0.4 is 0 Å². The third-order valence-corrected chi connectivity index (χ3v) is 2.87. The molecule has 0 fully saturated rings. The van der Waals surface area contributed by atoms with Gasteiger partial charge < -0.3 is 0 Å². The zero-order valence-electron chi connectivity index (χ0n) is 9.88. The Balaban J connectivity index is 2.22. The van der Waals surface area contributed by atoms with E-state index in [1.807, 2.05) is 24.3 Å². The smallest absolute Gasteiger partial charge is 0.113 e. The fourth-order valence-electron chi connectivity index (χ4n) is 1.92. The number of rotatable bonds is 1. The third-order valence-electron chi connectivity index (χ3n) is 2.87. The van der Waals surface area contributed by atoms with Crippen molar-refractivity contribution in [2.75, 3.05) is 0 Å². The molecule has 3 nitrogen and oxygen atoms in total. The number of hydrogen-bond acceptors (Lipinski definition) is 2. The lowest BCUT2D eigenvalue weighted by Gasteiger charge is -2.02. The van der Waals surface area contributed by atoms with Crippen molar-refractivity contribution in [2.45, 2.75) is 13.8 Å². The van der Waals surface area contributed by atoms with Gasteiger partial charge in [-0.15, -0.1) is 10.2 Å². The molecule has 3 aromatic rings. The molecule has 0 saturated carbocycles. The quantitative estimate of drug-likeness (QED) is 0.634. The van der Waals surface area contributed by atoms with E-state index in [-0.39, 0.29) is 0 Å². The predicted octanol–water partition coefficient (Wildman–Crippen LogP) is 3.04. The standard InChI is InChI=1S/C14H13N3/c1-10-7-8-12-13(9-10)16-17(15-12)14-6-4-3-5-11(14)2/h3-9H,1-2H3. The Morgan fingerprint density at radius 3 is 2.47 bits per heavy atom. The average Bonchev–Trinajstić information content (AvgIpc) is 2.72. The number of aryl methyl sites for hydroxylation is 2. The van der Waals surface area contributed by atoms with Crippen molar-refractivity contribution in [3.8, 4) is 5.69 Å². The maximum Gasteiger partial charge on any atom is 0.113 e. The lowest BCUT2D eigenvalue weighted by Crippen LogP contribution is -2.00. The molecule has 0 bridgehead atoms. The van der Waals surface area contributed by atoms with E-state index in [1.165, 1.54) is 11.1 Å². The molecule has 2 aromatic carbocycles. The second kappa shape index (κ2) is 3.70. The molecule has 0 spiro atoms. The predicted molar refractivity (Wildman–Crippen MR) is 68.3 cm³/mol. The summed E-state index contributed by atoms with van der Waals surface area (Å²) >= 11 is 0. The Hall–Kier alpha value is -2.16. The van der Waals surface area contributed by atoms with Crippen LogP contribution in [0.3, 0.4) is 0 Å². The summed E-state index contributed by atoms with van der Waals surface area (Å²) in [5.41, 5.74) is 5.27. The first-order valence-electron chi connectivity index (χ1n) is 5.64. The van der Waals surface area contributed by atoms with Crippen molar-refractivity contribution in [2.24, 2.45) is 0 Å². The Morgan fingerprint density at radius 1 is 0.882 bits per heavy atom. The molecule has 0 aliphatic carbocycles. The molecule has 0 aliphatic heterocycles. The average molecular weight is 223 g/mol. The van der Waals surface area contributed by atoms with Crippen LogP contribution in [0.15, 0.2) is 42.5 Å². The van der Waals surface area contributed by atoms with E-state index in [9.17, 15) is 0 Å². The van der Waals surface area contributed by atoms with Gasteiger partial charge in [0.05, 0.1) is 5.69 Å². The Kier molecular flexibility index (Phi) is 2.18. The highest BCUT2D eigenvalue weighted by atomic mass is 15.5. The topological polar surface area (TPSA) is 30.7 Å². The first-order valence-corrected chi connectivity index (χ1v) is 5.64. The van der Waals surface area contributed by atoms with Crippen LogP contribution >= 0.6 is 0 Å². The summed E-state index contributed by atoms with van der Waals surface area (Å²) in [4.78, 5) is 1.71. The van der Waals surface area contributed by atoms with Crippen molar-refractivity contribution in [3.63, 3.8) is 0 Å². The summed E-state index contributed by atoms with van der Waals surface area (Å²) in [6.07, 6.45) is 0. The number of hydrogen-bond donors (Lipinski definition) is 0. The van der Waals surface area contributed by atoms with Gasteiger partial charge in [-0.1, -0.05) is 24.3 Å². The van der Waals surface area contributed by atoms with Crippen LogP contribution in [0, 0.1) is 13.8 Å². The Bertz CT molecular complexity index is 683. The highest BCUT2D eigenvalue weighted by Crippen LogP contribution is 2.16. The van der Waals surface area contributed by atoms with Gasteiger partial charge in [-0.3, -0.25) is 0 Å². The molecule has 0 atom stereocenters. The maximum atomic E-state index is 4.51. The van der Waals surface area contributed by atoms with Crippen molar-refractivity contribution >= 4 is 11.0 Å². The van der Waals surface area contributed by atoms with Gasteiger partial charge in [0.15, 0.2) is 0 Å². The van der Waals surface area contributed by atoms with Gasteiger partial charge in [0.2, 0.25) is 0 Å². The van der Waals surface area contributed by atoms with Crippen LogP contribution in [0.4, 0.5) is 0 Å². The number of aromatic nitrogens is 3. The SMILES string of the molecule is Cc1ccc2nn(-c3ccccc3C)nc2c1. The molecule has 0 saturated heterocycles. The molecule has 1 heterocycles. The van der Waals surface area contributed by atoms with Crippen LogP contribution in [0.1, 0.15) is 11.1 Å². The second-order valence-electron chi connectivity index (χ2n) is 4.27. The number of nitrogens with zero attached hydrogens (tertiary/aromatic N) is 3. The highest BCUT2D eigenvalue weighted by Gasteiger charge is 2.05. The van der Waals surface area contributed by atoms with Gasteiger partial charge >= 0.3 is 0 Å². The van der Waals surface area contributed by atoms with Crippen molar-refractivity contribution in [1.82, 2.24) is 15.0 Å². The first-order chi connectivity index (χ1) is 8.24. The van der Waals surface area contributed by atoms with Crippen molar-refractivity contribution < 1.29 is 0 Å². The van der Waals surface area contributed by atoms with Crippen LogP contribution in [0.5, 0.6) is 0 Å². The van der Waals surface area contributed by atoms with Gasteiger partial charge in [-0.05, 0) is 43.2 Å². The lowest BCUT2D eigenvalue weighted by molar-refractivity contribution is 0.760. The largest absolute Gasteiger partial charge is 0.150 e. The summed E-state index contributed by atoms with van der Waals surface area (Å²) in [5, 5.41) is 9.00. The highest BCUT2D eigenvalue weighted by molar-refractivity contribution is 5.74. The van der Waals surface area contributed by atoms with Crippen molar-refractivity contribution in [3.05, 3.63) is 53.6 Å². The van der Waals surface area contributed by atoms with Gasteiger partial charge in [0.25, 0.3) is 0 Å². The Labute approximate surface area is 99.7 Å². The summed E-state index contributed by atoms with van der Waals surface area (Å²) in [6, 6.07) is 14.2. The summed E-state index contributed by atoms with van der Waals surface area (Å²) in [5.74, 6) is 0. The fourth-order valence-corrected chi connectivity index (χ4v) is 1.92. The van der Waals surface area contributed by atoms with Gasteiger partial charge in [-0.25, -0.2) is 0 Å². The molecular formula is C14H13N3. The van der Waals surface area contributed by atoms with E-state index < -0.39 is 0 Å². The normalized spacial score (nSPS) is 10.9. The maximum absolute atomic E-state index is 4.51. The van der Waals surface area contributed by atoms with E-state index in [1.54, 1.807) is 4.80 Å². The lowest BCUT2D eigenvalue weighted by atomic mass is 10.2. The summed E-state index contributed by atoms with van der Waals surface area (Å²) < 4.78 is 0. The van der Waals surface area contributed by atoms with E-state index in [0.29, 0.717) is 0 Å². The molecule has 1 aromatic heterocycles. The number of benzene rings is 2. The van der Waals surface area contributed by atoms with E-state index in [0.717, 1.165) is 16.7 Å². The van der Waals surface area contributed by atoms with Crippen LogP contribution in [-0.4, -0.2) is 15.0 Å². The molecule has 84 valence electrons. The minimum Gasteiger partial charge on any atom is -0.150 e. The monoisotopic (exact) mass is 223 g/mol. The molecule has 3 heteroatoms. The molecule has 0 amide bonds. The zero-order chi connectivity index (χ0) is 11.8. The molecule has 17 heavy (non-hydrogen) atoms. The van der Waals surface area contributed by atoms with Crippen LogP contribution in [-0.2, 0) is 0 Å². The van der Waals surface area contributed by atoms with Gasteiger partial charge in [0.1, 0.15) is 11.0 Å². The molecule has 0 unspecified atom stereocenters. The van der Waals surface area contributed by atoms with E-state index in [4.69, 9.17) is 0 Å². The summed E-state index contributed by atoms with van der Waals surface area (Å²) in [6.45, 7) is 4.13. The molecule has 0 aliphatic rings. The van der Waals surface area contributed by atoms with E-state index in [2.05, 4.69) is 42.2 Å². The molecule has 3 rings (SSSR count). The Morgan fingerprint density at radius 2 is 1.65 bits per heavy atom. The van der Waals surface area contributed by atoms with Gasteiger partial charge in [-0.2, -0.15) is 4.80 Å². The first kappa shape index (κ1) is 10.0. The van der Waals surface area contributed by atoms with Gasteiger partial charge in [0, 0.05) is 0 Å². The van der Waals surface area contributed by atoms with E-state index >= 15 is 0 Å². The van der Waals surface area contributed by atoms with Crippen LogP contribution in [0.25, 0.3) is 16.7 Å². The zero-order valence-corrected chi connectivity index (χ0v) is 9.88. The number of fused-ring (bicyclic) bond motifs is 1. The molecule has 0 N–H and O–H groups in total. The minimum atomic E-state index is 0.929. The molecule has 0 radical (unpaired) electrons. The fraction of sp³-hybridized carbons (Fsp3) is 0.143. The second-order valence-corrected chi connectivity index (χ2v) is 4.27. The molecular weight excluding hydrogens is 210 g/mol. The third kappa shape index (κ3) is 1.69. The van der Waals surface area contributed by atoms with Crippen molar-refractivity contribution in [1.29, 1.82) is 0 Å². The minimum absolute atomic E-state index is 0.929.